The van der Waals surface area contributed by atoms with Gasteiger partial charge in [-0.25, -0.2) is 8.78 Å². The van der Waals surface area contributed by atoms with E-state index in [0.29, 0.717) is 31.5 Å². The lowest BCUT2D eigenvalue weighted by molar-refractivity contribution is -0.373. The zero-order valence-electron chi connectivity index (χ0n) is 15.1. The highest BCUT2D eigenvalue weighted by Gasteiger charge is 2.88. The van der Waals surface area contributed by atoms with Gasteiger partial charge in [-0.1, -0.05) is 30.3 Å². The molecule has 4 nitrogen and oxygen atoms in total. The van der Waals surface area contributed by atoms with E-state index in [1.165, 1.54) is 4.90 Å². The Bertz CT molecular complexity index is 845. The van der Waals surface area contributed by atoms with Crippen LogP contribution in [0, 0.1) is 11.3 Å². The molecule has 7 fully saturated rings. The second kappa shape index (κ2) is 4.53. The summed E-state index contributed by atoms with van der Waals surface area (Å²) in [4.78, 5) is 28.4. The molecule has 0 atom stereocenters. The zero-order chi connectivity index (χ0) is 18.7. The minimum absolute atomic E-state index is 0.00260. The molecule has 27 heavy (non-hydrogen) atoms. The molecule has 1 aliphatic heterocycles. The number of hydrogen-bond acceptors (Lipinski definition) is 2. The fourth-order valence-corrected chi connectivity index (χ4v) is 6.60. The summed E-state index contributed by atoms with van der Waals surface area (Å²) in [5.41, 5.74) is -1.62. The molecule has 2 amide bonds. The third-order valence-corrected chi connectivity index (χ3v) is 8.25. The quantitative estimate of drug-likeness (QED) is 0.763. The molecule has 0 radical (unpaired) electrons. The van der Waals surface area contributed by atoms with Gasteiger partial charge in [0.1, 0.15) is 0 Å². The molecule has 142 valence electrons. The lowest BCUT2D eigenvalue weighted by atomic mass is 9.30. The van der Waals surface area contributed by atoms with Crippen LogP contribution in [-0.4, -0.2) is 52.7 Å². The Balaban J connectivity index is 1.18. The van der Waals surface area contributed by atoms with Gasteiger partial charge < -0.3 is 9.80 Å². The second-order valence-electron chi connectivity index (χ2n) is 9.54. The van der Waals surface area contributed by atoms with E-state index in [-0.39, 0.29) is 12.1 Å². The van der Waals surface area contributed by atoms with E-state index in [1.54, 1.807) is 29.2 Å². The number of carbonyl (C=O) groups is 2. The highest BCUT2D eigenvalue weighted by Crippen LogP contribution is 2.81. The molecule has 1 saturated heterocycles. The van der Waals surface area contributed by atoms with Crippen LogP contribution in [0.4, 0.5) is 8.78 Å². The predicted octanol–water partition coefficient (Wildman–Crippen LogP) is 2.58. The lowest BCUT2D eigenvalue weighted by Crippen LogP contribution is -2.84. The molecule has 6 aliphatic carbocycles. The fraction of sp³-hybridized carbons (Fsp3) is 0.619. The minimum Gasteiger partial charge on any atom is -0.332 e. The van der Waals surface area contributed by atoms with Gasteiger partial charge in [0.2, 0.25) is 0 Å². The van der Waals surface area contributed by atoms with Crippen molar-refractivity contribution >= 4 is 11.8 Å². The number of hydrogen-bond donors (Lipinski definition) is 0. The second-order valence-corrected chi connectivity index (χ2v) is 9.54. The molecule has 0 N–H and O–H groups in total. The van der Waals surface area contributed by atoms with Crippen molar-refractivity contribution in [2.75, 3.05) is 19.6 Å². The van der Waals surface area contributed by atoms with E-state index < -0.39 is 28.6 Å². The maximum Gasteiger partial charge on any atom is 0.312 e. The van der Waals surface area contributed by atoms with Crippen LogP contribution in [0.15, 0.2) is 30.3 Å². The Kier molecular flexibility index (Phi) is 2.69. The molecule has 1 heterocycles. The SMILES string of the molecule is O=C1C(=O)N(C23CC(C2)C3)CCN1CC12CC(c3ccccc3)(C1)C2(F)F. The summed E-state index contributed by atoms with van der Waals surface area (Å²) in [6.07, 6.45) is 3.81. The summed E-state index contributed by atoms with van der Waals surface area (Å²) in [6, 6.07) is 8.97. The van der Waals surface area contributed by atoms with Crippen LogP contribution in [0.25, 0.3) is 0 Å². The molecule has 4 bridgehead atoms. The Morgan fingerprint density at radius 2 is 1.63 bits per heavy atom. The number of halogens is 2. The smallest absolute Gasteiger partial charge is 0.312 e. The summed E-state index contributed by atoms with van der Waals surface area (Å²) in [7, 11) is 0. The molecule has 0 unspecified atom stereocenters. The minimum atomic E-state index is -2.82. The molecule has 0 aromatic heterocycles. The normalized spacial score (nSPS) is 43.4. The molecular formula is C21H22F2N2O2. The maximum absolute atomic E-state index is 15.1. The van der Waals surface area contributed by atoms with Crippen molar-refractivity contribution < 1.29 is 18.4 Å². The molecule has 6 heteroatoms. The number of alkyl halides is 2. The summed E-state index contributed by atoms with van der Waals surface area (Å²) in [5, 5.41) is 0. The summed E-state index contributed by atoms with van der Waals surface area (Å²) in [6.45, 7) is 0.874. The zero-order valence-corrected chi connectivity index (χ0v) is 15.1. The van der Waals surface area contributed by atoms with E-state index >= 15 is 8.78 Å². The molecule has 7 aliphatic rings. The average Bonchev–Trinajstić information content (AvgIpc) is 2.54. The number of carbonyl (C=O) groups excluding carboxylic acids is 2. The van der Waals surface area contributed by atoms with Crippen LogP contribution in [0.3, 0.4) is 0 Å². The van der Waals surface area contributed by atoms with E-state index in [2.05, 4.69) is 0 Å². The van der Waals surface area contributed by atoms with Crippen molar-refractivity contribution in [1.29, 1.82) is 0 Å². The molecule has 0 spiro atoms. The van der Waals surface area contributed by atoms with Gasteiger partial charge in [0.05, 0.1) is 10.8 Å². The van der Waals surface area contributed by atoms with Gasteiger partial charge in [-0.05, 0) is 43.6 Å². The third kappa shape index (κ3) is 1.61. The van der Waals surface area contributed by atoms with Crippen LogP contribution in [0.5, 0.6) is 0 Å². The van der Waals surface area contributed by atoms with E-state index in [0.717, 1.165) is 25.2 Å². The van der Waals surface area contributed by atoms with E-state index in [1.807, 2.05) is 6.07 Å². The topological polar surface area (TPSA) is 40.6 Å². The average molecular weight is 372 g/mol. The van der Waals surface area contributed by atoms with Gasteiger partial charge in [-0.15, -0.1) is 0 Å². The summed E-state index contributed by atoms with van der Waals surface area (Å²) in [5.74, 6) is -3.16. The van der Waals surface area contributed by atoms with Crippen LogP contribution in [-0.2, 0) is 15.0 Å². The van der Waals surface area contributed by atoms with Gasteiger partial charge in [0.25, 0.3) is 5.92 Å². The summed E-state index contributed by atoms with van der Waals surface area (Å²) < 4.78 is 30.1. The lowest BCUT2D eigenvalue weighted by Gasteiger charge is -2.76. The van der Waals surface area contributed by atoms with Crippen molar-refractivity contribution in [2.45, 2.75) is 49.0 Å². The van der Waals surface area contributed by atoms with Gasteiger partial charge in [0.15, 0.2) is 0 Å². The first-order valence-corrected chi connectivity index (χ1v) is 9.87. The van der Waals surface area contributed by atoms with E-state index in [9.17, 15) is 9.59 Å². The Hall–Kier alpha value is -1.98. The highest BCUT2D eigenvalue weighted by molar-refractivity contribution is 6.35. The van der Waals surface area contributed by atoms with Gasteiger partial charge >= 0.3 is 11.8 Å². The van der Waals surface area contributed by atoms with Crippen molar-refractivity contribution in [3.05, 3.63) is 35.9 Å². The maximum atomic E-state index is 15.1. The molecule has 1 aromatic rings. The van der Waals surface area contributed by atoms with Crippen LogP contribution >= 0.6 is 0 Å². The van der Waals surface area contributed by atoms with E-state index in [4.69, 9.17) is 0 Å². The van der Waals surface area contributed by atoms with Crippen molar-refractivity contribution in [2.24, 2.45) is 11.3 Å². The molecule has 1 aromatic carbocycles. The fourth-order valence-electron chi connectivity index (χ4n) is 6.60. The number of nitrogens with zero attached hydrogens (tertiary/aromatic N) is 2. The first-order chi connectivity index (χ1) is 12.8. The standard InChI is InChI=1S/C21H22F2N2O2/c22-21(23)18(11-20(21,12-18)15-4-2-1-3-5-15)13-24-6-7-25(17(27)16(24)26)19-8-14(9-19)10-19/h1-5,14H,6-13H2. The third-order valence-electron chi connectivity index (χ3n) is 8.25. The summed E-state index contributed by atoms with van der Waals surface area (Å²) >= 11 is 0. The van der Waals surface area contributed by atoms with Crippen LogP contribution in [0.2, 0.25) is 0 Å². The van der Waals surface area contributed by atoms with Gasteiger partial charge in [0, 0.05) is 25.2 Å². The van der Waals surface area contributed by atoms with Crippen molar-refractivity contribution in [3.8, 4) is 0 Å². The largest absolute Gasteiger partial charge is 0.332 e. The molecule has 6 saturated carbocycles. The number of benzene rings is 1. The monoisotopic (exact) mass is 372 g/mol. The highest BCUT2D eigenvalue weighted by atomic mass is 19.3. The Morgan fingerprint density at radius 1 is 0.963 bits per heavy atom. The van der Waals surface area contributed by atoms with Crippen LogP contribution < -0.4 is 0 Å². The number of rotatable bonds is 4. The number of amides is 2. The number of piperazine rings is 1. The van der Waals surface area contributed by atoms with Crippen molar-refractivity contribution in [3.63, 3.8) is 0 Å². The van der Waals surface area contributed by atoms with Gasteiger partial charge in [-0.3, -0.25) is 9.59 Å². The first kappa shape index (κ1) is 16.0. The molecule has 8 rings (SSSR count). The van der Waals surface area contributed by atoms with Crippen LogP contribution in [0.1, 0.15) is 37.7 Å². The Labute approximate surface area is 156 Å². The first-order valence-electron chi connectivity index (χ1n) is 9.87. The predicted molar refractivity (Wildman–Crippen MR) is 93.1 cm³/mol. The van der Waals surface area contributed by atoms with Gasteiger partial charge in [-0.2, -0.15) is 0 Å². The molecular weight excluding hydrogens is 350 g/mol. The van der Waals surface area contributed by atoms with Crippen molar-refractivity contribution in [1.82, 2.24) is 9.80 Å². The Morgan fingerprint density at radius 3 is 2.19 bits per heavy atom.